The SMILES string of the molecule is N=C(N)c1cc(F)ccc1CN(Cc1cccs1)C1CC1. The largest absolute Gasteiger partial charge is 0.384 e. The second-order valence-electron chi connectivity index (χ2n) is 5.43. The molecule has 0 unspecified atom stereocenters. The number of nitrogen functional groups attached to an aromatic ring is 1. The summed E-state index contributed by atoms with van der Waals surface area (Å²) in [7, 11) is 0. The second kappa shape index (κ2) is 5.95. The van der Waals surface area contributed by atoms with Crippen LogP contribution in [0.1, 0.15) is 28.8 Å². The lowest BCUT2D eigenvalue weighted by Gasteiger charge is -2.22. The lowest BCUT2D eigenvalue weighted by molar-refractivity contribution is 0.248. The number of nitrogens with zero attached hydrogens (tertiary/aromatic N) is 1. The van der Waals surface area contributed by atoms with Crippen molar-refractivity contribution < 1.29 is 4.39 Å². The molecule has 0 spiro atoms. The van der Waals surface area contributed by atoms with Crippen molar-refractivity contribution in [2.45, 2.75) is 32.0 Å². The van der Waals surface area contributed by atoms with Gasteiger partial charge in [-0.1, -0.05) is 12.1 Å². The summed E-state index contributed by atoms with van der Waals surface area (Å²) >= 11 is 1.75. The van der Waals surface area contributed by atoms with E-state index in [1.807, 2.05) is 0 Å². The third-order valence-corrected chi connectivity index (χ3v) is 4.60. The van der Waals surface area contributed by atoms with Crippen LogP contribution in [0.4, 0.5) is 4.39 Å². The monoisotopic (exact) mass is 303 g/mol. The Balaban J connectivity index is 1.81. The summed E-state index contributed by atoms with van der Waals surface area (Å²) in [5.74, 6) is -0.420. The Labute approximate surface area is 127 Å². The van der Waals surface area contributed by atoms with E-state index in [0.717, 1.165) is 12.1 Å². The number of hydrogen-bond acceptors (Lipinski definition) is 3. The van der Waals surface area contributed by atoms with Crippen LogP contribution in [0.25, 0.3) is 0 Å². The van der Waals surface area contributed by atoms with Gasteiger partial charge in [-0.25, -0.2) is 4.39 Å². The van der Waals surface area contributed by atoms with Gasteiger partial charge in [-0.3, -0.25) is 10.3 Å². The maximum atomic E-state index is 13.4. The molecular weight excluding hydrogens is 285 g/mol. The van der Waals surface area contributed by atoms with Gasteiger partial charge < -0.3 is 5.73 Å². The van der Waals surface area contributed by atoms with Gasteiger partial charge in [-0.15, -0.1) is 11.3 Å². The molecule has 0 radical (unpaired) electrons. The molecule has 0 aliphatic heterocycles. The van der Waals surface area contributed by atoms with Gasteiger partial charge in [0.25, 0.3) is 0 Å². The minimum atomic E-state index is -0.347. The fraction of sp³-hybridized carbons (Fsp3) is 0.312. The zero-order chi connectivity index (χ0) is 14.8. The summed E-state index contributed by atoms with van der Waals surface area (Å²) in [5.41, 5.74) is 7.02. The summed E-state index contributed by atoms with van der Waals surface area (Å²) in [4.78, 5) is 3.72. The third-order valence-electron chi connectivity index (χ3n) is 3.74. The van der Waals surface area contributed by atoms with Crippen molar-refractivity contribution in [3.8, 4) is 0 Å². The fourth-order valence-corrected chi connectivity index (χ4v) is 3.24. The molecule has 0 bridgehead atoms. The maximum Gasteiger partial charge on any atom is 0.123 e. The number of benzene rings is 1. The van der Waals surface area contributed by atoms with Crippen LogP contribution >= 0.6 is 11.3 Å². The molecule has 0 saturated heterocycles. The van der Waals surface area contributed by atoms with E-state index in [2.05, 4.69) is 22.4 Å². The molecule has 1 aliphatic carbocycles. The first-order chi connectivity index (χ1) is 10.1. The number of nitrogens with one attached hydrogen (secondary N) is 1. The highest BCUT2D eigenvalue weighted by Crippen LogP contribution is 2.31. The van der Waals surface area contributed by atoms with Gasteiger partial charge in [-0.2, -0.15) is 0 Å². The quantitative estimate of drug-likeness (QED) is 0.635. The van der Waals surface area contributed by atoms with Crippen molar-refractivity contribution >= 4 is 17.2 Å². The van der Waals surface area contributed by atoms with Crippen LogP contribution in [-0.4, -0.2) is 16.8 Å². The molecule has 5 heteroatoms. The van der Waals surface area contributed by atoms with Gasteiger partial charge in [0.05, 0.1) is 0 Å². The van der Waals surface area contributed by atoms with Crippen LogP contribution in [-0.2, 0) is 13.1 Å². The highest BCUT2D eigenvalue weighted by Gasteiger charge is 2.29. The van der Waals surface area contributed by atoms with E-state index in [9.17, 15) is 4.39 Å². The van der Waals surface area contributed by atoms with Gasteiger partial charge in [0.15, 0.2) is 0 Å². The lowest BCUT2D eigenvalue weighted by atomic mass is 10.1. The minimum absolute atomic E-state index is 0.0728. The molecule has 1 fully saturated rings. The van der Waals surface area contributed by atoms with Crippen molar-refractivity contribution in [3.05, 3.63) is 57.5 Å². The van der Waals surface area contributed by atoms with Crippen LogP contribution in [0, 0.1) is 11.2 Å². The Kier molecular flexibility index (Phi) is 4.03. The van der Waals surface area contributed by atoms with Crippen molar-refractivity contribution in [1.82, 2.24) is 4.90 Å². The normalized spacial score (nSPS) is 14.6. The van der Waals surface area contributed by atoms with E-state index in [1.165, 1.54) is 29.9 Å². The number of rotatable bonds is 6. The van der Waals surface area contributed by atoms with Gasteiger partial charge in [0.2, 0.25) is 0 Å². The summed E-state index contributed by atoms with van der Waals surface area (Å²) in [6, 6.07) is 9.33. The first kappa shape index (κ1) is 14.2. The standard InChI is InChI=1S/C16H18FN3S/c17-12-4-3-11(15(8-12)16(18)19)9-20(13-5-6-13)10-14-2-1-7-21-14/h1-4,7-8,13H,5-6,9-10H2,(H3,18,19). The molecule has 1 aromatic heterocycles. The second-order valence-corrected chi connectivity index (χ2v) is 6.46. The van der Waals surface area contributed by atoms with Crippen LogP contribution in [0.15, 0.2) is 35.7 Å². The Morgan fingerprint density at radius 3 is 2.76 bits per heavy atom. The predicted molar refractivity (Wildman–Crippen MR) is 84.0 cm³/mol. The topological polar surface area (TPSA) is 53.1 Å². The first-order valence-electron chi connectivity index (χ1n) is 7.03. The lowest BCUT2D eigenvalue weighted by Crippen LogP contribution is -2.26. The smallest absolute Gasteiger partial charge is 0.123 e. The molecule has 21 heavy (non-hydrogen) atoms. The average Bonchev–Trinajstić information content (AvgIpc) is 3.18. The molecule has 3 nitrogen and oxygen atoms in total. The summed E-state index contributed by atoms with van der Waals surface area (Å²) in [6.07, 6.45) is 2.42. The van der Waals surface area contributed by atoms with Crippen LogP contribution in [0.2, 0.25) is 0 Å². The Morgan fingerprint density at radius 1 is 1.33 bits per heavy atom. The van der Waals surface area contributed by atoms with Gasteiger partial charge >= 0.3 is 0 Å². The van der Waals surface area contributed by atoms with Crippen LogP contribution in [0.3, 0.4) is 0 Å². The number of halogens is 1. The van der Waals surface area contributed by atoms with Crippen molar-refractivity contribution in [2.24, 2.45) is 5.73 Å². The van der Waals surface area contributed by atoms with Crippen LogP contribution < -0.4 is 5.73 Å². The minimum Gasteiger partial charge on any atom is -0.384 e. The van der Waals surface area contributed by atoms with Gasteiger partial charge in [0, 0.05) is 29.6 Å². The number of hydrogen-bond donors (Lipinski definition) is 2. The maximum absolute atomic E-state index is 13.4. The zero-order valence-corrected chi connectivity index (χ0v) is 12.5. The van der Waals surface area contributed by atoms with E-state index < -0.39 is 0 Å². The average molecular weight is 303 g/mol. The molecule has 1 aromatic carbocycles. The van der Waals surface area contributed by atoms with E-state index in [-0.39, 0.29) is 11.7 Å². The number of nitrogens with two attached hydrogens (primary N) is 1. The molecule has 3 rings (SSSR count). The van der Waals surface area contributed by atoms with E-state index >= 15 is 0 Å². The predicted octanol–water partition coefficient (Wildman–Crippen LogP) is 3.34. The molecule has 1 saturated carbocycles. The summed E-state index contributed by atoms with van der Waals surface area (Å²) in [6.45, 7) is 1.61. The molecule has 0 atom stereocenters. The highest BCUT2D eigenvalue weighted by molar-refractivity contribution is 7.09. The Bertz CT molecular complexity index is 635. The highest BCUT2D eigenvalue weighted by atomic mass is 32.1. The van der Waals surface area contributed by atoms with Crippen molar-refractivity contribution in [3.63, 3.8) is 0 Å². The van der Waals surface area contributed by atoms with Crippen molar-refractivity contribution in [2.75, 3.05) is 0 Å². The molecule has 110 valence electrons. The number of amidine groups is 1. The van der Waals surface area contributed by atoms with Gasteiger partial charge in [-0.05, 0) is 42.0 Å². The first-order valence-corrected chi connectivity index (χ1v) is 7.90. The molecule has 2 aromatic rings. The molecule has 3 N–H and O–H groups in total. The van der Waals surface area contributed by atoms with Crippen LogP contribution in [0.5, 0.6) is 0 Å². The molecule has 0 amide bonds. The Morgan fingerprint density at radius 2 is 2.14 bits per heavy atom. The molecule has 1 aliphatic rings. The summed E-state index contributed by atoms with van der Waals surface area (Å²) < 4.78 is 13.4. The van der Waals surface area contributed by atoms with Crippen molar-refractivity contribution in [1.29, 1.82) is 5.41 Å². The van der Waals surface area contributed by atoms with E-state index in [1.54, 1.807) is 17.4 Å². The zero-order valence-electron chi connectivity index (χ0n) is 11.7. The molecular formula is C16H18FN3S. The third kappa shape index (κ3) is 3.49. The Hall–Kier alpha value is -1.72. The fourth-order valence-electron chi connectivity index (χ4n) is 2.51. The van der Waals surface area contributed by atoms with Gasteiger partial charge in [0.1, 0.15) is 11.7 Å². The number of thiophene rings is 1. The summed E-state index contributed by atoms with van der Waals surface area (Å²) in [5, 5.41) is 9.71. The molecule has 1 heterocycles. The van der Waals surface area contributed by atoms with E-state index in [4.69, 9.17) is 11.1 Å². The van der Waals surface area contributed by atoms with E-state index in [0.29, 0.717) is 18.2 Å².